The zero-order valence-electron chi connectivity index (χ0n) is 18.2. The summed E-state index contributed by atoms with van der Waals surface area (Å²) in [6.07, 6.45) is 0.0226. The number of aliphatic imine (C=N–C) groups is 1. The van der Waals surface area contributed by atoms with E-state index in [4.69, 9.17) is 9.73 Å². The monoisotopic (exact) mass is 538 g/mol. The summed E-state index contributed by atoms with van der Waals surface area (Å²) in [5, 5.41) is 6.44. The molecule has 2 rings (SSSR count). The van der Waals surface area contributed by atoms with Gasteiger partial charge in [0.25, 0.3) is 0 Å². The van der Waals surface area contributed by atoms with Crippen LogP contribution in [-0.4, -0.2) is 91.5 Å². The third-order valence-electron chi connectivity index (χ3n) is 4.86. The summed E-state index contributed by atoms with van der Waals surface area (Å²) in [6, 6.07) is 0. The van der Waals surface area contributed by atoms with Crippen LogP contribution >= 0.6 is 35.3 Å². The number of nitrogens with one attached hydrogen (secondary N) is 1. The fourth-order valence-electron chi connectivity index (χ4n) is 3.05. The number of guanidine groups is 1. The van der Waals surface area contributed by atoms with Crippen LogP contribution in [0.2, 0.25) is 0 Å². The Hall–Kier alpha value is -0.980. The molecule has 0 radical (unpaired) electrons. The fraction of sp³-hybridized carbons (Fsp3) is 0.737. The van der Waals surface area contributed by atoms with Crippen LogP contribution in [0.4, 0.5) is 0 Å². The van der Waals surface area contributed by atoms with Crippen LogP contribution in [0.1, 0.15) is 37.6 Å². The van der Waals surface area contributed by atoms with Crippen molar-refractivity contribution >= 4 is 47.2 Å². The molecule has 0 spiro atoms. The summed E-state index contributed by atoms with van der Waals surface area (Å²) < 4.78 is 5.34. The average Bonchev–Trinajstić information content (AvgIpc) is 3.15. The molecule has 2 heterocycles. The lowest BCUT2D eigenvalue weighted by Crippen LogP contribution is -2.48. The van der Waals surface area contributed by atoms with Crippen molar-refractivity contribution < 1.29 is 9.53 Å². The second-order valence-corrected chi connectivity index (χ2v) is 7.88. The van der Waals surface area contributed by atoms with Gasteiger partial charge in [-0.2, -0.15) is 0 Å². The van der Waals surface area contributed by atoms with Gasteiger partial charge in [0.15, 0.2) is 5.96 Å². The Labute approximate surface area is 195 Å². The van der Waals surface area contributed by atoms with Crippen molar-refractivity contribution in [2.45, 2.75) is 33.4 Å². The van der Waals surface area contributed by atoms with Crippen LogP contribution in [0, 0.1) is 0 Å². The van der Waals surface area contributed by atoms with Gasteiger partial charge in [-0.1, -0.05) is 0 Å². The fourth-order valence-corrected chi connectivity index (χ4v) is 3.90. The lowest BCUT2D eigenvalue weighted by molar-refractivity contribution is -0.130. The molecule has 0 saturated carbocycles. The maximum Gasteiger partial charge on any atom is 0.219 e. The number of piperazine rings is 1. The minimum absolute atomic E-state index is 0. The number of hydrogen-bond acceptors (Lipinski definition) is 6. The molecule has 1 aliphatic rings. The third kappa shape index (κ3) is 8.35. The van der Waals surface area contributed by atoms with E-state index in [-0.39, 0.29) is 36.0 Å². The second-order valence-electron chi connectivity index (χ2n) is 6.99. The lowest BCUT2D eigenvalue weighted by Gasteiger charge is -2.33. The summed E-state index contributed by atoms with van der Waals surface area (Å²) in [5.41, 5.74) is 1.03. The smallest absolute Gasteiger partial charge is 0.219 e. The number of rotatable bonds is 8. The molecular formula is C19H35IN6O2S. The van der Waals surface area contributed by atoms with E-state index in [1.807, 2.05) is 18.9 Å². The van der Waals surface area contributed by atoms with Crippen LogP contribution in [0.15, 0.2) is 10.4 Å². The predicted molar refractivity (Wildman–Crippen MR) is 129 cm³/mol. The molecule has 166 valence electrons. The molecule has 1 aromatic rings. The van der Waals surface area contributed by atoms with Crippen molar-refractivity contribution in [2.75, 3.05) is 60.0 Å². The van der Waals surface area contributed by atoms with Gasteiger partial charge in [0.05, 0.1) is 18.8 Å². The van der Waals surface area contributed by atoms with Crippen LogP contribution < -0.4 is 5.32 Å². The van der Waals surface area contributed by atoms with E-state index < -0.39 is 0 Å². The van der Waals surface area contributed by atoms with Gasteiger partial charge in [-0.05, 0) is 13.8 Å². The number of hydrogen-bond donors (Lipinski definition) is 1. The largest absolute Gasteiger partial charge is 0.375 e. The van der Waals surface area contributed by atoms with Crippen molar-refractivity contribution in [1.29, 1.82) is 0 Å². The van der Waals surface area contributed by atoms with Gasteiger partial charge in [0, 0.05) is 65.7 Å². The molecule has 1 amide bonds. The molecule has 1 aliphatic heterocycles. The zero-order chi connectivity index (χ0) is 20.5. The minimum Gasteiger partial charge on any atom is -0.375 e. The third-order valence-corrected chi connectivity index (χ3v) is 5.92. The Balaban J connectivity index is 0.00000420. The number of nitrogens with zero attached hydrogens (tertiary/aromatic N) is 5. The van der Waals surface area contributed by atoms with Gasteiger partial charge in [0.1, 0.15) is 11.1 Å². The summed E-state index contributed by atoms with van der Waals surface area (Å²) in [5.74, 6) is 1.05. The van der Waals surface area contributed by atoms with Crippen molar-refractivity contribution in [3.8, 4) is 0 Å². The van der Waals surface area contributed by atoms with E-state index in [0.717, 1.165) is 62.5 Å². The first-order valence-corrected chi connectivity index (χ1v) is 10.8. The quantitative estimate of drug-likeness (QED) is 0.310. The summed E-state index contributed by atoms with van der Waals surface area (Å²) in [7, 11) is 3.74. The van der Waals surface area contributed by atoms with Gasteiger partial charge in [-0.25, -0.2) is 4.98 Å². The number of ether oxygens (including phenoxy) is 1. The van der Waals surface area contributed by atoms with Gasteiger partial charge in [-0.15, -0.1) is 35.3 Å². The van der Waals surface area contributed by atoms with Gasteiger partial charge in [-0.3, -0.25) is 14.7 Å². The van der Waals surface area contributed by atoms with Crippen molar-refractivity contribution in [1.82, 2.24) is 25.0 Å². The van der Waals surface area contributed by atoms with Crippen LogP contribution in [0.25, 0.3) is 0 Å². The molecular weight excluding hydrogens is 503 g/mol. The maximum atomic E-state index is 11.4. The molecule has 1 fully saturated rings. The highest BCUT2D eigenvalue weighted by atomic mass is 127. The Bertz CT molecular complexity index is 648. The highest BCUT2D eigenvalue weighted by molar-refractivity contribution is 14.0. The number of carbonyl (C=O) groups is 1. The zero-order valence-corrected chi connectivity index (χ0v) is 21.3. The van der Waals surface area contributed by atoms with E-state index in [0.29, 0.717) is 6.54 Å². The SMILES string of the molecule is CCNC(=NCCN1CCN(C(C)=O)CC1)N(C)Cc1csc(C(C)OC)n1.I. The van der Waals surface area contributed by atoms with E-state index in [1.54, 1.807) is 25.4 Å². The molecule has 0 aromatic carbocycles. The Morgan fingerprint density at radius 3 is 2.69 bits per heavy atom. The molecule has 1 saturated heterocycles. The van der Waals surface area contributed by atoms with Crippen molar-refractivity contribution in [3.63, 3.8) is 0 Å². The maximum absolute atomic E-state index is 11.4. The second kappa shape index (κ2) is 13.3. The highest BCUT2D eigenvalue weighted by Crippen LogP contribution is 2.20. The molecule has 1 atom stereocenters. The van der Waals surface area contributed by atoms with E-state index >= 15 is 0 Å². The Morgan fingerprint density at radius 1 is 1.41 bits per heavy atom. The molecule has 1 unspecified atom stereocenters. The predicted octanol–water partition coefficient (Wildman–Crippen LogP) is 2.03. The number of halogens is 1. The molecule has 10 heteroatoms. The summed E-state index contributed by atoms with van der Waals surface area (Å²) in [6.45, 7) is 12.3. The Morgan fingerprint density at radius 2 is 2.10 bits per heavy atom. The summed E-state index contributed by atoms with van der Waals surface area (Å²) >= 11 is 1.63. The first kappa shape index (κ1) is 26.1. The van der Waals surface area contributed by atoms with Gasteiger partial charge >= 0.3 is 0 Å². The minimum atomic E-state index is 0. The topological polar surface area (TPSA) is 73.3 Å². The number of carbonyl (C=O) groups excluding carboxylic acids is 1. The number of methoxy groups -OCH3 is 1. The number of thiazole rings is 1. The molecule has 8 nitrogen and oxygen atoms in total. The van der Waals surface area contributed by atoms with E-state index in [2.05, 4.69) is 32.4 Å². The molecule has 1 aromatic heterocycles. The normalized spacial score (nSPS) is 16.3. The Kier molecular flexibility index (Phi) is 12.0. The molecule has 0 bridgehead atoms. The van der Waals surface area contributed by atoms with Gasteiger partial charge < -0.3 is 19.9 Å². The highest BCUT2D eigenvalue weighted by Gasteiger charge is 2.18. The van der Waals surface area contributed by atoms with E-state index in [9.17, 15) is 4.79 Å². The van der Waals surface area contributed by atoms with Crippen molar-refractivity contribution in [3.05, 3.63) is 16.1 Å². The number of aromatic nitrogens is 1. The lowest BCUT2D eigenvalue weighted by atomic mass is 10.3. The average molecular weight is 539 g/mol. The summed E-state index contributed by atoms with van der Waals surface area (Å²) in [4.78, 5) is 27.2. The van der Waals surface area contributed by atoms with Crippen LogP contribution in [0.5, 0.6) is 0 Å². The van der Waals surface area contributed by atoms with Crippen LogP contribution in [0.3, 0.4) is 0 Å². The van der Waals surface area contributed by atoms with Gasteiger partial charge in [0.2, 0.25) is 5.91 Å². The molecule has 29 heavy (non-hydrogen) atoms. The van der Waals surface area contributed by atoms with E-state index in [1.165, 1.54) is 0 Å². The first-order chi connectivity index (χ1) is 13.4. The number of amides is 1. The molecule has 1 N–H and O–H groups in total. The standard InChI is InChI=1S/C19H34N6O2S.HI/c1-6-20-19(21-7-8-24-9-11-25(12-10-24)16(3)26)23(4)13-17-14-28-18(22-17)15(2)27-5;/h14-15H,6-13H2,1-5H3,(H,20,21);1H. The van der Waals surface area contributed by atoms with Crippen LogP contribution in [-0.2, 0) is 16.1 Å². The molecule has 0 aliphatic carbocycles. The first-order valence-electron chi connectivity index (χ1n) is 9.89. The van der Waals surface area contributed by atoms with Crippen molar-refractivity contribution in [2.24, 2.45) is 4.99 Å².